The Morgan fingerprint density at radius 3 is 2.71 bits per heavy atom. The molecule has 0 bridgehead atoms. The summed E-state index contributed by atoms with van der Waals surface area (Å²) in [7, 11) is 3.81. The minimum Gasteiger partial charge on any atom is -0.452 e. The summed E-state index contributed by atoms with van der Waals surface area (Å²) in [6.45, 7) is 4.16. The summed E-state index contributed by atoms with van der Waals surface area (Å²) >= 11 is 0. The van der Waals surface area contributed by atoms with Crippen LogP contribution in [0.3, 0.4) is 0 Å². The van der Waals surface area contributed by atoms with E-state index in [0.29, 0.717) is 17.4 Å². The molecule has 5 heteroatoms. The van der Waals surface area contributed by atoms with Crippen molar-refractivity contribution in [2.75, 3.05) is 25.6 Å². The number of rotatable bonds is 5. The van der Waals surface area contributed by atoms with E-state index in [-0.39, 0.29) is 18.6 Å². The minimum absolute atomic E-state index is 0.178. The first-order chi connectivity index (χ1) is 11.4. The van der Waals surface area contributed by atoms with Crippen LogP contribution in [0.2, 0.25) is 0 Å². The summed E-state index contributed by atoms with van der Waals surface area (Å²) in [4.78, 5) is 26.1. The van der Waals surface area contributed by atoms with Gasteiger partial charge in [-0.1, -0.05) is 32.8 Å². The fraction of sp³-hybridized carbons (Fsp3) is 0.579. The smallest absolute Gasteiger partial charge is 0.338 e. The largest absolute Gasteiger partial charge is 0.452 e. The van der Waals surface area contributed by atoms with Gasteiger partial charge in [0.15, 0.2) is 6.61 Å². The monoisotopic (exact) mass is 332 g/mol. The number of amides is 1. The third kappa shape index (κ3) is 4.73. The van der Waals surface area contributed by atoms with Crippen molar-refractivity contribution in [2.24, 2.45) is 11.8 Å². The molecule has 1 N–H and O–H groups in total. The second-order valence-electron chi connectivity index (χ2n) is 6.96. The molecule has 0 spiro atoms. The maximum atomic E-state index is 12.1. The summed E-state index contributed by atoms with van der Waals surface area (Å²) in [6, 6.07) is 7.34. The van der Waals surface area contributed by atoms with Crippen LogP contribution in [0.4, 0.5) is 5.69 Å². The molecule has 1 aromatic rings. The van der Waals surface area contributed by atoms with Crippen molar-refractivity contribution in [2.45, 2.75) is 39.2 Å². The van der Waals surface area contributed by atoms with Crippen LogP contribution >= 0.6 is 0 Å². The zero-order valence-electron chi connectivity index (χ0n) is 15.0. The third-order valence-corrected chi connectivity index (χ3v) is 4.99. The number of carbonyl (C=O) groups excluding carboxylic acids is 2. The second kappa shape index (κ2) is 8.18. The van der Waals surface area contributed by atoms with Crippen LogP contribution in [-0.2, 0) is 9.53 Å². The molecule has 1 fully saturated rings. The first-order valence-electron chi connectivity index (χ1n) is 8.62. The predicted molar refractivity (Wildman–Crippen MR) is 95.2 cm³/mol. The lowest BCUT2D eigenvalue weighted by molar-refractivity contribution is -0.125. The van der Waals surface area contributed by atoms with Gasteiger partial charge < -0.3 is 15.0 Å². The van der Waals surface area contributed by atoms with E-state index in [1.807, 2.05) is 25.1 Å². The summed E-state index contributed by atoms with van der Waals surface area (Å²) in [5.41, 5.74) is 1.37. The number of hydrogen-bond acceptors (Lipinski definition) is 4. The Kier molecular flexibility index (Phi) is 6.23. The van der Waals surface area contributed by atoms with E-state index < -0.39 is 5.97 Å². The van der Waals surface area contributed by atoms with Crippen LogP contribution in [0.5, 0.6) is 0 Å². The zero-order valence-corrected chi connectivity index (χ0v) is 15.0. The van der Waals surface area contributed by atoms with E-state index >= 15 is 0 Å². The van der Waals surface area contributed by atoms with E-state index in [1.54, 1.807) is 18.2 Å². The number of benzene rings is 1. The normalized spacial score (nSPS) is 23.4. The molecule has 1 aliphatic carbocycles. The lowest BCUT2D eigenvalue weighted by Crippen LogP contribution is -2.45. The van der Waals surface area contributed by atoms with Gasteiger partial charge >= 0.3 is 5.97 Å². The van der Waals surface area contributed by atoms with Gasteiger partial charge in [-0.2, -0.15) is 0 Å². The zero-order chi connectivity index (χ0) is 17.7. The van der Waals surface area contributed by atoms with E-state index in [2.05, 4.69) is 19.2 Å². The van der Waals surface area contributed by atoms with Gasteiger partial charge in [0.05, 0.1) is 5.56 Å². The van der Waals surface area contributed by atoms with Crippen molar-refractivity contribution in [3.8, 4) is 0 Å². The van der Waals surface area contributed by atoms with Crippen LogP contribution in [0.25, 0.3) is 0 Å². The second-order valence-corrected chi connectivity index (χ2v) is 6.96. The molecular weight excluding hydrogens is 304 g/mol. The van der Waals surface area contributed by atoms with Crippen LogP contribution < -0.4 is 10.2 Å². The number of nitrogens with zero attached hydrogens (tertiary/aromatic N) is 1. The van der Waals surface area contributed by atoms with Crippen molar-refractivity contribution in [3.05, 3.63) is 29.8 Å². The van der Waals surface area contributed by atoms with Gasteiger partial charge in [0.1, 0.15) is 0 Å². The molecule has 0 heterocycles. The van der Waals surface area contributed by atoms with Gasteiger partial charge in [-0.05, 0) is 36.5 Å². The topological polar surface area (TPSA) is 58.6 Å². The van der Waals surface area contributed by atoms with E-state index in [4.69, 9.17) is 4.74 Å². The molecule has 0 aromatic heterocycles. The van der Waals surface area contributed by atoms with Gasteiger partial charge in [-0.3, -0.25) is 4.79 Å². The van der Waals surface area contributed by atoms with Gasteiger partial charge in [0.2, 0.25) is 0 Å². The number of anilines is 1. The van der Waals surface area contributed by atoms with E-state index in [0.717, 1.165) is 18.5 Å². The van der Waals surface area contributed by atoms with Crippen LogP contribution in [0, 0.1) is 11.8 Å². The first kappa shape index (κ1) is 18.3. The molecule has 1 amide bonds. The summed E-state index contributed by atoms with van der Waals surface area (Å²) in [5, 5.41) is 3.01. The molecule has 0 radical (unpaired) electrons. The molecular formula is C19H28N2O3. The molecule has 1 saturated carbocycles. The van der Waals surface area contributed by atoms with Crippen molar-refractivity contribution in [3.63, 3.8) is 0 Å². The highest BCUT2D eigenvalue weighted by molar-refractivity contribution is 5.92. The van der Waals surface area contributed by atoms with Gasteiger partial charge in [-0.25, -0.2) is 4.79 Å². The third-order valence-electron chi connectivity index (χ3n) is 4.99. The molecule has 132 valence electrons. The lowest BCUT2D eigenvalue weighted by atomic mass is 9.78. The molecule has 1 aromatic carbocycles. The number of carbonyl (C=O) groups is 2. The maximum Gasteiger partial charge on any atom is 0.338 e. The van der Waals surface area contributed by atoms with Crippen molar-refractivity contribution in [1.82, 2.24) is 5.32 Å². The van der Waals surface area contributed by atoms with Crippen molar-refractivity contribution in [1.29, 1.82) is 0 Å². The van der Waals surface area contributed by atoms with Gasteiger partial charge in [-0.15, -0.1) is 0 Å². The Labute approximate surface area is 144 Å². The average Bonchev–Trinajstić information content (AvgIpc) is 2.57. The summed E-state index contributed by atoms with van der Waals surface area (Å²) in [5.74, 6) is 0.368. The molecule has 3 unspecified atom stereocenters. The fourth-order valence-electron chi connectivity index (χ4n) is 3.16. The summed E-state index contributed by atoms with van der Waals surface area (Å²) < 4.78 is 5.16. The molecule has 3 atom stereocenters. The highest BCUT2D eigenvalue weighted by atomic mass is 16.5. The van der Waals surface area contributed by atoms with Crippen molar-refractivity contribution >= 4 is 17.6 Å². The van der Waals surface area contributed by atoms with E-state index in [1.165, 1.54) is 6.42 Å². The quantitative estimate of drug-likeness (QED) is 0.843. The van der Waals surface area contributed by atoms with Crippen LogP contribution in [-0.4, -0.2) is 38.6 Å². The average molecular weight is 332 g/mol. The Morgan fingerprint density at radius 2 is 2.00 bits per heavy atom. The Hall–Kier alpha value is -2.04. The van der Waals surface area contributed by atoms with E-state index in [9.17, 15) is 9.59 Å². The standard InChI is InChI=1S/C19H28N2O3/c1-13-7-5-10-17(14(13)2)20-18(22)12-24-19(23)15-8-6-9-16(11-15)21(3)4/h6,8-9,11,13-14,17H,5,7,10,12H2,1-4H3,(H,20,22). The highest BCUT2D eigenvalue weighted by Gasteiger charge is 2.28. The predicted octanol–water partition coefficient (Wildman–Crippen LogP) is 2.85. The fourth-order valence-corrected chi connectivity index (χ4v) is 3.16. The molecule has 24 heavy (non-hydrogen) atoms. The van der Waals surface area contributed by atoms with Crippen molar-refractivity contribution < 1.29 is 14.3 Å². The van der Waals surface area contributed by atoms with Gasteiger partial charge in [0, 0.05) is 25.8 Å². The molecule has 2 rings (SSSR count). The number of hydrogen-bond donors (Lipinski definition) is 1. The molecule has 0 saturated heterocycles. The lowest BCUT2D eigenvalue weighted by Gasteiger charge is -2.34. The number of esters is 1. The molecule has 0 aliphatic heterocycles. The number of nitrogens with one attached hydrogen (secondary N) is 1. The SMILES string of the molecule is CC1CCCC(NC(=O)COC(=O)c2cccc(N(C)C)c2)C1C. The summed E-state index contributed by atoms with van der Waals surface area (Å²) in [6.07, 6.45) is 3.34. The van der Waals surface area contributed by atoms with Crippen LogP contribution in [0.1, 0.15) is 43.5 Å². The first-order valence-corrected chi connectivity index (χ1v) is 8.62. The Bertz CT molecular complexity index is 586. The maximum absolute atomic E-state index is 12.1. The number of ether oxygens (including phenoxy) is 1. The molecule has 5 nitrogen and oxygen atoms in total. The van der Waals surface area contributed by atoms with Crippen LogP contribution in [0.15, 0.2) is 24.3 Å². The Balaban J connectivity index is 1.85. The van der Waals surface area contributed by atoms with Gasteiger partial charge in [0.25, 0.3) is 5.91 Å². The Morgan fingerprint density at radius 1 is 1.25 bits per heavy atom. The molecule has 1 aliphatic rings. The highest BCUT2D eigenvalue weighted by Crippen LogP contribution is 2.29. The minimum atomic E-state index is -0.473.